The van der Waals surface area contributed by atoms with Crippen molar-refractivity contribution in [1.82, 2.24) is 24.6 Å². The van der Waals surface area contributed by atoms with Crippen LogP contribution in [0, 0.1) is 0 Å². The normalized spacial score (nSPS) is 12.1. The smallest absolute Gasteiger partial charge is 0.352 e. The minimum absolute atomic E-state index is 0.253. The van der Waals surface area contributed by atoms with Crippen LogP contribution >= 0.6 is 0 Å². The highest BCUT2D eigenvalue weighted by Crippen LogP contribution is 2.30. The van der Waals surface area contributed by atoms with E-state index < -0.39 is 17.3 Å². The van der Waals surface area contributed by atoms with E-state index in [1.807, 2.05) is 19.0 Å². The van der Waals surface area contributed by atoms with E-state index in [2.05, 4.69) is 10.4 Å². The van der Waals surface area contributed by atoms with Gasteiger partial charge in [-0.25, -0.2) is 0 Å². The van der Waals surface area contributed by atoms with Gasteiger partial charge in [0, 0.05) is 36.4 Å². The lowest BCUT2D eigenvalue weighted by Gasteiger charge is -2.14. The third-order valence-corrected chi connectivity index (χ3v) is 5.54. The first-order chi connectivity index (χ1) is 16.1. The van der Waals surface area contributed by atoms with Gasteiger partial charge in [0.15, 0.2) is 0 Å². The van der Waals surface area contributed by atoms with Crippen molar-refractivity contribution in [2.45, 2.75) is 12.6 Å². The molecule has 1 amide bonds. The Labute approximate surface area is 193 Å². The van der Waals surface area contributed by atoms with Crippen molar-refractivity contribution in [1.29, 1.82) is 0 Å². The molecule has 1 N–H and O–H groups in total. The number of aryl methyl sites for hydroxylation is 1. The number of nitrogens with zero attached hydrogens (tertiary/aromatic N) is 4. The summed E-state index contributed by atoms with van der Waals surface area (Å²) in [6.45, 7) is 1.35. The largest absolute Gasteiger partial charge is 0.416 e. The van der Waals surface area contributed by atoms with Crippen LogP contribution in [-0.2, 0) is 13.2 Å². The monoisotopic (exact) mass is 471 g/mol. The fourth-order valence-corrected chi connectivity index (χ4v) is 3.89. The van der Waals surface area contributed by atoms with Gasteiger partial charge < -0.3 is 10.2 Å². The summed E-state index contributed by atoms with van der Waals surface area (Å²) < 4.78 is 41.9. The van der Waals surface area contributed by atoms with Crippen molar-refractivity contribution in [2.24, 2.45) is 7.05 Å². The van der Waals surface area contributed by atoms with Gasteiger partial charge in [0.1, 0.15) is 5.52 Å². The van der Waals surface area contributed by atoms with Gasteiger partial charge in [-0.1, -0.05) is 0 Å². The predicted octanol–water partition coefficient (Wildman–Crippen LogP) is 3.58. The van der Waals surface area contributed by atoms with E-state index in [0.29, 0.717) is 33.9 Å². The Morgan fingerprint density at radius 1 is 1.09 bits per heavy atom. The molecule has 4 rings (SSSR count). The van der Waals surface area contributed by atoms with E-state index in [-0.39, 0.29) is 11.6 Å². The molecule has 2 aromatic heterocycles. The van der Waals surface area contributed by atoms with Crippen LogP contribution in [0.15, 0.2) is 53.5 Å². The first kappa shape index (κ1) is 23.5. The SMILES string of the molecule is CN(C)CCCNC(=O)c1ccc2c(c1)c1nn(C)cc1c(=O)n2-c1ccc(C(F)(F)F)cc1. The fraction of sp³-hybridized carbons (Fsp3) is 0.292. The van der Waals surface area contributed by atoms with Crippen molar-refractivity contribution in [3.8, 4) is 5.69 Å². The average Bonchev–Trinajstić information content (AvgIpc) is 3.18. The second-order valence-electron chi connectivity index (χ2n) is 8.39. The van der Waals surface area contributed by atoms with Crippen molar-refractivity contribution in [3.63, 3.8) is 0 Å². The number of rotatable bonds is 6. The molecule has 0 saturated heterocycles. The van der Waals surface area contributed by atoms with E-state index in [1.165, 1.54) is 21.4 Å². The lowest BCUT2D eigenvalue weighted by Crippen LogP contribution is -2.27. The van der Waals surface area contributed by atoms with E-state index in [9.17, 15) is 22.8 Å². The molecular formula is C24H24F3N5O2. The average molecular weight is 471 g/mol. The molecule has 0 unspecified atom stereocenters. The standard InChI is InChI=1S/C24H24F3N5O2/c1-30(2)12-4-11-28-22(33)15-5-10-20-18(13-15)21-19(14-31(3)29-21)23(34)32(20)17-8-6-16(7-9-17)24(25,26)27/h5-10,13-14H,4,11-12H2,1-3H3,(H,28,33). The third-order valence-electron chi connectivity index (χ3n) is 5.54. The van der Waals surface area contributed by atoms with Crippen LogP contribution in [-0.4, -0.2) is 52.3 Å². The molecule has 0 bridgehead atoms. The van der Waals surface area contributed by atoms with Gasteiger partial charge in [-0.15, -0.1) is 0 Å². The Morgan fingerprint density at radius 2 is 1.79 bits per heavy atom. The Morgan fingerprint density at radius 3 is 2.44 bits per heavy atom. The van der Waals surface area contributed by atoms with Crippen LogP contribution in [0.3, 0.4) is 0 Å². The van der Waals surface area contributed by atoms with E-state index in [1.54, 1.807) is 31.4 Å². The van der Waals surface area contributed by atoms with Crippen molar-refractivity contribution >= 4 is 27.7 Å². The summed E-state index contributed by atoms with van der Waals surface area (Å²) in [5.41, 5.74) is 0.352. The number of amides is 1. The number of hydrogen-bond acceptors (Lipinski definition) is 4. The molecule has 2 aromatic carbocycles. The first-order valence-electron chi connectivity index (χ1n) is 10.7. The minimum atomic E-state index is -4.48. The zero-order valence-corrected chi connectivity index (χ0v) is 19.0. The zero-order chi connectivity index (χ0) is 24.6. The van der Waals surface area contributed by atoms with Crippen molar-refractivity contribution in [2.75, 3.05) is 27.2 Å². The highest BCUT2D eigenvalue weighted by atomic mass is 19.4. The number of alkyl halides is 3. The lowest BCUT2D eigenvalue weighted by molar-refractivity contribution is -0.137. The van der Waals surface area contributed by atoms with Gasteiger partial charge in [0.25, 0.3) is 11.5 Å². The number of nitrogens with one attached hydrogen (secondary N) is 1. The number of fused-ring (bicyclic) bond motifs is 3. The molecule has 178 valence electrons. The molecule has 0 aliphatic heterocycles. The van der Waals surface area contributed by atoms with E-state index >= 15 is 0 Å². The predicted molar refractivity (Wildman–Crippen MR) is 124 cm³/mol. The molecule has 0 aliphatic carbocycles. The summed E-state index contributed by atoms with van der Waals surface area (Å²) in [7, 11) is 5.59. The Kier molecular flexibility index (Phi) is 6.18. The summed E-state index contributed by atoms with van der Waals surface area (Å²) in [6.07, 6.45) is -2.12. The summed E-state index contributed by atoms with van der Waals surface area (Å²) >= 11 is 0. The summed E-state index contributed by atoms with van der Waals surface area (Å²) in [5.74, 6) is -0.253. The van der Waals surface area contributed by atoms with Crippen LogP contribution in [0.2, 0.25) is 0 Å². The number of carbonyl (C=O) groups is 1. The third kappa shape index (κ3) is 4.54. The van der Waals surface area contributed by atoms with Crippen LogP contribution in [0.1, 0.15) is 22.3 Å². The highest BCUT2D eigenvalue weighted by Gasteiger charge is 2.30. The second kappa shape index (κ2) is 8.94. The number of pyridine rings is 1. The van der Waals surface area contributed by atoms with Crippen LogP contribution < -0.4 is 10.9 Å². The molecule has 0 radical (unpaired) electrons. The summed E-state index contributed by atoms with van der Waals surface area (Å²) in [4.78, 5) is 28.0. The number of hydrogen-bond donors (Lipinski definition) is 1. The quantitative estimate of drug-likeness (QED) is 0.437. The number of halogens is 3. The van der Waals surface area contributed by atoms with E-state index in [0.717, 1.165) is 25.1 Å². The Bertz CT molecular complexity index is 1420. The molecule has 10 heteroatoms. The van der Waals surface area contributed by atoms with E-state index in [4.69, 9.17) is 0 Å². The van der Waals surface area contributed by atoms with Gasteiger partial charge in [-0.05, 0) is 69.5 Å². The highest BCUT2D eigenvalue weighted by molar-refractivity contribution is 6.07. The van der Waals surface area contributed by atoms with Gasteiger partial charge in [0.2, 0.25) is 0 Å². The molecule has 34 heavy (non-hydrogen) atoms. The lowest BCUT2D eigenvalue weighted by atomic mass is 10.1. The maximum Gasteiger partial charge on any atom is 0.416 e. The molecule has 0 atom stereocenters. The fourth-order valence-electron chi connectivity index (χ4n) is 3.89. The molecule has 0 aliphatic rings. The van der Waals surface area contributed by atoms with Gasteiger partial charge in [-0.2, -0.15) is 18.3 Å². The molecular weight excluding hydrogens is 447 g/mol. The first-order valence-corrected chi connectivity index (χ1v) is 10.7. The molecule has 0 saturated carbocycles. The van der Waals surface area contributed by atoms with Crippen molar-refractivity contribution in [3.05, 3.63) is 70.1 Å². The van der Waals surface area contributed by atoms with Crippen LogP contribution in [0.5, 0.6) is 0 Å². The molecule has 0 fully saturated rings. The van der Waals surface area contributed by atoms with Gasteiger partial charge in [-0.3, -0.25) is 18.8 Å². The summed E-state index contributed by atoms with van der Waals surface area (Å²) in [5, 5.41) is 8.14. The van der Waals surface area contributed by atoms with Gasteiger partial charge >= 0.3 is 6.18 Å². The number of aromatic nitrogens is 3. The molecule has 0 spiro atoms. The second-order valence-corrected chi connectivity index (χ2v) is 8.39. The zero-order valence-electron chi connectivity index (χ0n) is 19.0. The molecule has 4 aromatic rings. The Hall–Kier alpha value is -3.66. The Balaban J connectivity index is 1.81. The van der Waals surface area contributed by atoms with Gasteiger partial charge in [0.05, 0.1) is 16.5 Å². The molecule has 7 nitrogen and oxygen atoms in total. The van der Waals surface area contributed by atoms with Crippen LogP contribution in [0.25, 0.3) is 27.5 Å². The number of carbonyl (C=O) groups excluding carboxylic acids is 1. The van der Waals surface area contributed by atoms with Crippen LogP contribution in [0.4, 0.5) is 13.2 Å². The maximum atomic E-state index is 13.3. The minimum Gasteiger partial charge on any atom is -0.352 e. The topological polar surface area (TPSA) is 72.2 Å². The summed E-state index contributed by atoms with van der Waals surface area (Å²) in [6, 6.07) is 9.28. The van der Waals surface area contributed by atoms with Crippen molar-refractivity contribution < 1.29 is 18.0 Å². The number of benzene rings is 2. The maximum absolute atomic E-state index is 13.3. The molecule has 2 heterocycles.